The number of amides is 1. The summed E-state index contributed by atoms with van der Waals surface area (Å²) in [6.45, 7) is 0.867. The fourth-order valence-electron chi connectivity index (χ4n) is 1.93. The van der Waals surface area contributed by atoms with Crippen molar-refractivity contribution in [3.63, 3.8) is 0 Å². The van der Waals surface area contributed by atoms with Crippen LogP contribution in [0.1, 0.15) is 38.5 Å². The van der Waals surface area contributed by atoms with E-state index in [1.807, 2.05) is 18.2 Å². The summed E-state index contributed by atoms with van der Waals surface area (Å²) in [5.74, 6) is 0.0644. The lowest BCUT2D eigenvalue weighted by Crippen LogP contribution is -2.24. The predicted octanol–water partition coefficient (Wildman–Crippen LogP) is 2.70. The monoisotopic (exact) mass is 317 g/mol. The Balaban J connectivity index is 1.90. The molecule has 6 nitrogen and oxygen atoms in total. The first-order valence-electron chi connectivity index (χ1n) is 7.18. The number of nitrogens with one attached hydrogen (secondary N) is 1. The van der Waals surface area contributed by atoms with Crippen LogP contribution in [0.4, 0.5) is 0 Å². The van der Waals surface area contributed by atoms with E-state index >= 15 is 0 Å². The van der Waals surface area contributed by atoms with Crippen LogP contribution in [0.2, 0.25) is 0 Å². The number of phosphoric ester groups is 1. The molecule has 1 aliphatic rings. The second-order valence-electron chi connectivity index (χ2n) is 4.88. The van der Waals surface area contributed by atoms with Gasteiger partial charge in [0, 0.05) is 20.1 Å². The molecule has 7 heteroatoms. The van der Waals surface area contributed by atoms with E-state index in [1.165, 1.54) is 0 Å². The molecule has 1 amide bonds. The summed E-state index contributed by atoms with van der Waals surface area (Å²) in [5.41, 5.74) is 1.15. The van der Waals surface area contributed by atoms with Crippen LogP contribution < -0.4 is 5.32 Å². The molecule has 0 aromatic rings. The molecule has 0 fully saturated rings. The maximum Gasteiger partial charge on any atom is 0.471 e. The number of hydrogen-bond acceptors (Lipinski definition) is 4. The van der Waals surface area contributed by atoms with E-state index < -0.39 is 7.82 Å². The number of rotatable bonds is 11. The van der Waals surface area contributed by atoms with Crippen molar-refractivity contribution in [3.05, 3.63) is 23.8 Å². The van der Waals surface area contributed by atoms with E-state index in [9.17, 15) is 9.36 Å². The Morgan fingerprint density at radius 2 is 2.14 bits per heavy atom. The fraction of sp³-hybridized carbons (Fsp3) is 0.643. The lowest BCUT2D eigenvalue weighted by Gasteiger charge is -2.09. The van der Waals surface area contributed by atoms with Gasteiger partial charge >= 0.3 is 7.82 Å². The third-order valence-electron chi connectivity index (χ3n) is 3.11. The molecule has 0 heterocycles. The highest BCUT2D eigenvalue weighted by Crippen LogP contribution is 2.41. The highest BCUT2D eigenvalue weighted by atomic mass is 31.2. The average Bonchev–Trinajstić information content (AvgIpc) is 2.94. The summed E-state index contributed by atoms with van der Waals surface area (Å²) in [6.07, 6.45) is 10.8. The van der Waals surface area contributed by atoms with Gasteiger partial charge in [0.2, 0.25) is 5.91 Å². The molecule has 2 N–H and O–H groups in total. The topological polar surface area (TPSA) is 84.9 Å². The van der Waals surface area contributed by atoms with Crippen molar-refractivity contribution >= 4 is 13.7 Å². The summed E-state index contributed by atoms with van der Waals surface area (Å²) >= 11 is 0. The van der Waals surface area contributed by atoms with Gasteiger partial charge in [-0.15, -0.1) is 0 Å². The quantitative estimate of drug-likeness (QED) is 0.452. The van der Waals surface area contributed by atoms with E-state index in [0.29, 0.717) is 19.4 Å². The lowest BCUT2D eigenvalue weighted by molar-refractivity contribution is -0.120. The Morgan fingerprint density at radius 3 is 2.81 bits per heavy atom. The van der Waals surface area contributed by atoms with Gasteiger partial charge in [-0.3, -0.25) is 13.8 Å². The minimum Gasteiger partial charge on any atom is -0.356 e. The van der Waals surface area contributed by atoms with Crippen LogP contribution in [0.5, 0.6) is 0 Å². The van der Waals surface area contributed by atoms with Crippen LogP contribution in [-0.2, 0) is 18.4 Å². The van der Waals surface area contributed by atoms with E-state index in [4.69, 9.17) is 9.42 Å². The van der Waals surface area contributed by atoms with Crippen LogP contribution in [0.15, 0.2) is 23.8 Å². The highest BCUT2D eigenvalue weighted by molar-refractivity contribution is 7.47. The van der Waals surface area contributed by atoms with Crippen LogP contribution >= 0.6 is 7.82 Å². The van der Waals surface area contributed by atoms with E-state index in [2.05, 4.69) is 9.84 Å². The third kappa shape index (κ3) is 8.83. The molecule has 0 radical (unpaired) electrons. The fourth-order valence-corrected chi connectivity index (χ4v) is 2.40. The molecule has 0 saturated heterocycles. The van der Waals surface area contributed by atoms with Gasteiger partial charge < -0.3 is 10.2 Å². The van der Waals surface area contributed by atoms with Gasteiger partial charge in [0.1, 0.15) is 0 Å². The van der Waals surface area contributed by atoms with Gasteiger partial charge in [0.25, 0.3) is 0 Å². The van der Waals surface area contributed by atoms with E-state index in [0.717, 1.165) is 38.4 Å². The Kier molecular flexibility index (Phi) is 8.54. The largest absolute Gasteiger partial charge is 0.471 e. The molecule has 21 heavy (non-hydrogen) atoms. The number of hydrogen-bond donors (Lipinski definition) is 2. The zero-order valence-electron chi connectivity index (χ0n) is 12.4. The number of allylic oxidation sites excluding steroid dienone is 3. The van der Waals surface area contributed by atoms with Gasteiger partial charge in [-0.05, 0) is 19.3 Å². The zero-order valence-corrected chi connectivity index (χ0v) is 13.3. The van der Waals surface area contributed by atoms with Gasteiger partial charge in [0.05, 0.1) is 6.61 Å². The molecule has 120 valence electrons. The Morgan fingerprint density at radius 1 is 1.38 bits per heavy atom. The van der Waals surface area contributed by atoms with Crippen LogP contribution in [0, 0.1) is 0 Å². The number of phosphoric acid groups is 1. The maximum absolute atomic E-state index is 11.6. The third-order valence-corrected chi connectivity index (χ3v) is 4.08. The maximum atomic E-state index is 11.6. The molecule has 0 aliphatic heterocycles. The molecule has 0 bridgehead atoms. The lowest BCUT2D eigenvalue weighted by atomic mass is 10.1. The van der Waals surface area contributed by atoms with Crippen LogP contribution in [0.25, 0.3) is 0 Å². The molecule has 1 unspecified atom stereocenters. The molecule has 0 saturated carbocycles. The van der Waals surface area contributed by atoms with Gasteiger partial charge in [-0.2, -0.15) is 0 Å². The van der Waals surface area contributed by atoms with Crippen molar-refractivity contribution in [1.29, 1.82) is 0 Å². The number of carbonyl (C=O) groups excluding carboxylic acids is 1. The first-order chi connectivity index (χ1) is 10.0. The summed E-state index contributed by atoms with van der Waals surface area (Å²) in [6, 6.07) is 0. The summed E-state index contributed by atoms with van der Waals surface area (Å²) in [5, 5.41) is 2.89. The van der Waals surface area contributed by atoms with Crippen molar-refractivity contribution in [2.75, 3.05) is 20.3 Å². The van der Waals surface area contributed by atoms with Crippen molar-refractivity contribution in [3.8, 4) is 0 Å². The zero-order chi connectivity index (χ0) is 15.6. The molecular formula is C14H24NO5P. The minimum atomic E-state index is -3.83. The SMILES string of the molecule is COP(=O)(O)OCCCCCCNC(=O)CC1=CC=CC1. The van der Waals surface area contributed by atoms with E-state index in [-0.39, 0.29) is 12.5 Å². The van der Waals surface area contributed by atoms with Gasteiger partial charge in [-0.1, -0.05) is 36.6 Å². The van der Waals surface area contributed by atoms with Crippen molar-refractivity contribution < 1.29 is 23.3 Å². The molecule has 0 aromatic heterocycles. The number of unbranched alkanes of at least 4 members (excludes halogenated alkanes) is 3. The highest BCUT2D eigenvalue weighted by Gasteiger charge is 2.17. The second kappa shape index (κ2) is 9.90. The Bertz CT molecular complexity index is 433. The Labute approximate surface area is 125 Å². The van der Waals surface area contributed by atoms with Crippen molar-refractivity contribution in [1.82, 2.24) is 5.32 Å². The first kappa shape index (κ1) is 18.1. The van der Waals surface area contributed by atoms with Crippen molar-refractivity contribution in [2.45, 2.75) is 38.5 Å². The van der Waals surface area contributed by atoms with E-state index in [1.54, 1.807) is 0 Å². The minimum absolute atomic E-state index is 0.0644. The second-order valence-corrected chi connectivity index (χ2v) is 6.44. The molecule has 1 rings (SSSR count). The predicted molar refractivity (Wildman–Crippen MR) is 80.7 cm³/mol. The standard InChI is InChI=1S/C14H24NO5P/c1-19-21(17,18)20-11-7-3-2-6-10-15-14(16)12-13-8-4-5-9-13/h4-5,8H,2-3,6-7,9-12H2,1H3,(H,15,16)(H,17,18). The molecular weight excluding hydrogens is 293 g/mol. The molecule has 0 spiro atoms. The molecule has 0 aromatic carbocycles. The van der Waals surface area contributed by atoms with Gasteiger partial charge in [0.15, 0.2) is 0 Å². The smallest absolute Gasteiger partial charge is 0.356 e. The van der Waals surface area contributed by atoms with Crippen molar-refractivity contribution in [2.24, 2.45) is 0 Å². The molecule has 1 aliphatic carbocycles. The van der Waals surface area contributed by atoms with Gasteiger partial charge in [-0.25, -0.2) is 4.57 Å². The molecule has 1 atom stereocenters. The van der Waals surface area contributed by atoms with Crippen LogP contribution in [0.3, 0.4) is 0 Å². The summed E-state index contributed by atoms with van der Waals surface area (Å²) < 4.78 is 20.0. The Hall–Kier alpha value is -0.940. The number of carbonyl (C=O) groups is 1. The normalized spacial score (nSPS) is 16.6. The summed E-state index contributed by atoms with van der Waals surface area (Å²) in [7, 11) is -2.69. The summed E-state index contributed by atoms with van der Waals surface area (Å²) in [4.78, 5) is 20.6. The first-order valence-corrected chi connectivity index (χ1v) is 8.67. The van der Waals surface area contributed by atoms with Crippen LogP contribution in [-0.4, -0.2) is 31.1 Å². The average molecular weight is 317 g/mol.